The van der Waals surface area contributed by atoms with Gasteiger partial charge in [0.15, 0.2) is 5.78 Å². The Morgan fingerprint density at radius 3 is 2.63 bits per heavy atom. The van der Waals surface area contributed by atoms with E-state index in [9.17, 15) is 4.79 Å². The van der Waals surface area contributed by atoms with Crippen LogP contribution in [-0.2, 0) is 19.4 Å². The number of hydrogen-bond donors (Lipinski definition) is 1. The summed E-state index contributed by atoms with van der Waals surface area (Å²) in [5, 5.41) is 0. The lowest BCUT2D eigenvalue weighted by Crippen LogP contribution is -2.04. The van der Waals surface area contributed by atoms with Crippen molar-refractivity contribution in [1.82, 2.24) is 0 Å². The number of hydrogen-bond acceptors (Lipinski definition) is 2. The SMILES string of the molecule is NCc1cccc(C(=O)c2ccc3c(c2)CCC3)c1. The van der Waals surface area contributed by atoms with Gasteiger partial charge in [0.2, 0.25) is 0 Å². The molecule has 0 radical (unpaired) electrons. The molecule has 0 fully saturated rings. The zero-order valence-corrected chi connectivity index (χ0v) is 10.9. The quantitative estimate of drug-likeness (QED) is 0.852. The first-order valence-corrected chi connectivity index (χ1v) is 6.73. The van der Waals surface area contributed by atoms with Crippen LogP contribution in [-0.4, -0.2) is 5.78 Å². The lowest BCUT2D eigenvalue weighted by molar-refractivity contribution is 0.103. The van der Waals surface area contributed by atoms with Crippen LogP contribution in [0.15, 0.2) is 42.5 Å². The maximum absolute atomic E-state index is 12.5. The molecule has 0 bridgehead atoms. The molecule has 1 aliphatic rings. The van der Waals surface area contributed by atoms with E-state index in [1.165, 1.54) is 17.5 Å². The average molecular weight is 251 g/mol. The van der Waals surface area contributed by atoms with E-state index in [2.05, 4.69) is 12.1 Å². The molecule has 2 heteroatoms. The van der Waals surface area contributed by atoms with Crippen molar-refractivity contribution in [2.45, 2.75) is 25.8 Å². The van der Waals surface area contributed by atoms with E-state index in [-0.39, 0.29) is 5.78 Å². The fourth-order valence-electron chi connectivity index (χ4n) is 2.72. The first-order chi connectivity index (χ1) is 9.28. The molecule has 0 saturated carbocycles. The Labute approximate surface area is 113 Å². The molecule has 19 heavy (non-hydrogen) atoms. The minimum Gasteiger partial charge on any atom is -0.326 e. The van der Waals surface area contributed by atoms with Gasteiger partial charge in [0.1, 0.15) is 0 Å². The number of ketones is 1. The Balaban J connectivity index is 1.95. The number of aryl methyl sites for hydroxylation is 2. The third-order valence-electron chi connectivity index (χ3n) is 3.79. The summed E-state index contributed by atoms with van der Waals surface area (Å²) in [7, 11) is 0. The van der Waals surface area contributed by atoms with E-state index in [0.29, 0.717) is 6.54 Å². The number of carbonyl (C=O) groups is 1. The minimum absolute atomic E-state index is 0.0880. The molecule has 0 saturated heterocycles. The molecule has 0 aliphatic heterocycles. The van der Waals surface area contributed by atoms with Gasteiger partial charge < -0.3 is 5.73 Å². The standard InChI is InChI=1S/C17H17NO/c18-11-12-3-1-6-15(9-12)17(19)16-8-7-13-4-2-5-14(13)10-16/h1,3,6-10H,2,4-5,11,18H2. The molecule has 1 aliphatic carbocycles. The molecule has 0 unspecified atom stereocenters. The van der Waals surface area contributed by atoms with Crippen LogP contribution in [0.3, 0.4) is 0 Å². The summed E-state index contributed by atoms with van der Waals surface area (Å²) in [6, 6.07) is 13.7. The van der Waals surface area contributed by atoms with Crippen molar-refractivity contribution in [2.24, 2.45) is 5.73 Å². The molecule has 0 heterocycles. The molecular formula is C17H17NO. The maximum atomic E-state index is 12.5. The molecule has 96 valence electrons. The second-order valence-electron chi connectivity index (χ2n) is 5.07. The van der Waals surface area contributed by atoms with Crippen LogP contribution in [0.25, 0.3) is 0 Å². The first kappa shape index (κ1) is 12.1. The van der Waals surface area contributed by atoms with Crippen LogP contribution in [0.5, 0.6) is 0 Å². The molecule has 0 spiro atoms. The zero-order valence-electron chi connectivity index (χ0n) is 10.9. The third-order valence-corrected chi connectivity index (χ3v) is 3.79. The molecule has 0 atom stereocenters. The molecule has 2 nitrogen and oxygen atoms in total. The number of rotatable bonds is 3. The zero-order chi connectivity index (χ0) is 13.2. The fourth-order valence-corrected chi connectivity index (χ4v) is 2.72. The summed E-state index contributed by atoms with van der Waals surface area (Å²) in [4.78, 5) is 12.5. The van der Waals surface area contributed by atoms with Gasteiger partial charge in [-0.2, -0.15) is 0 Å². The van der Waals surface area contributed by atoms with Gasteiger partial charge in [-0.15, -0.1) is 0 Å². The van der Waals surface area contributed by atoms with Crippen LogP contribution in [0, 0.1) is 0 Å². The summed E-state index contributed by atoms with van der Waals surface area (Å²) >= 11 is 0. The van der Waals surface area contributed by atoms with Crippen molar-refractivity contribution in [2.75, 3.05) is 0 Å². The number of fused-ring (bicyclic) bond motifs is 1. The predicted octanol–water partition coefficient (Wildman–Crippen LogP) is 2.87. The Morgan fingerprint density at radius 1 is 1.00 bits per heavy atom. The van der Waals surface area contributed by atoms with E-state index in [1.54, 1.807) is 0 Å². The molecular weight excluding hydrogens is 234 g/mol. The number of carbonyl (C=O) groups excluding carboxylic acids is 1. The van der Waals surface area contributed by atoms with Gasteiger partial charge in [-0.25, -0.2) is 0 Å². The number of benzene rings is 2. The Hall–Kier alpha value is -1.93. The van der Waals surface area contributed by atoms with Crippen molar-refractivity contribution in [3.63, 3.8) is 0 Å². The molecule has 2 aromatic rings. The highest BCUT2D eigenvalue weighted by molar-refractivity contribution is 6.09. The second-order valence-corrected chi connectivity index (χ2v) is 5.07. The van der Waals surface area contributed by atoms with E-state index in [1.807, 2.05) is 30.3 Å². The predicted molar refractivity (Wildman–Crippen MR) is 76.2 cm³/mol. The van der Waals surface area contributed by atoms with Crippen LogP contribution in [0.2, 0.25) is 0 Å². The lowest BCUT2D eigenvalue weighted by Gasteiger charge is -2.06. The highest BCUT2D eigenvalue weighted by Crippen LogP contribution is 2.24. The summed E-state index contributed by atoms with van der Waals surface area (Å²) in [5.74, 6) is 0.0880. The minimum atomic E-state index is 0.0880. The van der Waals surface area contributed by atoms with Gasteiger partial charge in [-0.05, 0) is 48.1 Å². The monoisotopic (exact) mass is 251 g/mol. The van der Waals surface area contributed by atoms with Gasteiger partial charge in [-0.1, -0.05) is 30.3 Å². The van der Waals surface area contributed by atoms with Crippen LogP contribution in [0.4, 0.5) is 0 Å². The normalized spacial score (nSPS) is 13.3. The maximum Gasteiger partial charge on any atom is 0.193 e. The molecule has 2 aromatic carbocycles. The average Bonchev–Trinajstić information content (AvgIpc) is 2.94. The smallest absolute Gasteiger partial charge is 0.193 e. The van der Waals surface area contributed by atoms with Crippen molar-refractivity contribution in [3.05, 3.63) is 70.3 Å². The van der Waals surface area contributed by atoms with Crippen LogP contribution < -0.4 is 5.73 Å². The third kappa shape index (κ3) is 2.32. The van der Waals surface area contributed by atoms with Crippen LogP contribution in [0.1, 0.15) is 39.0 Å². The van der Waals surface area contributed by atoms with Crippen molar-refractivity contribution >= 4 is 5.78 Å². The first-order valence-electron chi connectivity index (χ1n) is 6.73. The molecule has 0 aromatic heterocycles. The Bertz CT molecular complexity index is 631. The largest absolute Gasteiger partial charge is 0.326 e. The molecule has 2 N–H and O–H groups in total. The number of nitrogens with two attached hydrogens (primary N) is 1. The van der Waals surface area contributed by atoms with Crippen molar-refractivity contribution in [3.8, 4) is 0 Å². The van der Waals surface area contributed by atoms with E-state index < -0.39 is 0 Å². The van der Waals surface area contributed by atoms with Gasteiger partial charge in [-0.3, -0.25) is 4.79 Å². The summed E-state index contributed by atoms with van der Waals surface area (Å²) in [6.45, 7) is 0.464. The van der Waals surface area contributed by atoms with Gasteiger partial charge in [0, 0.05) is 17.7 Å². The summed E-state index contributed by atoms with van der Waals surface area (Å²) < 4.78 is 0. The van der Waals surface area contributed by atoms with E-state index in [4.69, 9.17) is 5.73 Å². The topological polar surface area (TPSA) is 43.1 Å². The van der Waals surface area contributed by atoms with E-state index >= 15 is 0 Å². The molecule has 3 rings (SSSR count). The van der Waals surface area contributed by atoms with Crippen molar-refractivity contribution in [1.29, 1.82) is 0 Å². The van der Waals surface area contributed by atoms with Gasteiger partial charge >= 0.3 is 0 Å². The summed E-state index contributed by atoms with van der Waals surface area (Å²) in [5.41, 5.74) is 10.9. The lowest BCUT2D eigenvalue weighted by atomic mass is 9.98. The Kier molecular flexibility index (Phi) is 3.18. The highest BCUT2D eigenvalue weighted by Gasteiger charge is 2.15. The van der Waals surface area contributed by atoms with Crippen molar-refractivity contribution < 1.29 is 4.79 Å². The fraction of sp³-hybridized carbons (Fsp3) is 0.235. The Morgan fingerprint density at radius 2 is 1.79 bits per heavy atom. The summed E-state index contributed by atoms with van der Waals surface area (Å²) in [6.07, 6.45) is 3.45. The van der Waals surface area contributed by atoms with E-state index in [0.717, 1.165) is 29.5 Å². The van der Waals surface area contributed by atoms with Gasteiger partial charge in [0.05, 0.1) is 0 Å². The van der Waals surface area contributed by atoms with Crippen LogP contribution >= 0.6 is 0 Å². The molecule has 0 amide bonds. The second kappa shape index (κ2) is 4.98. The van der Waals surface area contributed by atoms with Gasteiger partial charge in [0.25, 0.3) is 0 Å². The highest BCUT2D eigenvalue weighted by atomic mass is 16.1.